The largest absolute Gasteiger partial charge is 0.486 e. The number of rotatable bonds is 3. The van der Waals surface area contributed by atoms with E-state index >= 15 is 0 Å². The smallest absolute Gasteiger partial charge is 0.323 e. The topological polar surface area (TPSA) is 90.0 Å². The molecule has 0 aromatic carbocycles. The van der Waals surface area contributed by atoms with E-state index in [1.165, 1.54) is 11.3 Å². The standard InChI is InChI=1S/C19H32N6O3S/c1-13-16(28-5)29-17(21-13)22-18(27)24-10-8-23(9-11-24)15(26)14-12-25(7-6-20-14)19(2,3)4/h14,20H,6-12H2,1-5H3,(H,21,22,27)/t14-/m1/s1. The number of carbonyl (C=O) groups is 2. The van der Waals surface area contributed by atoms with E-state index in [1.54, 1.807) is 12.0 Å². The number of piperazine rings is 2. The Morgan fingerprint density at radius 2 is 1.83 bits per heavy atom. The number of methoxy groups -OCH3 is 1. The normalized spacial score (nSPS) is 21.2. The van der Waals surface area contributed by atoms with E-state index in [4.69, 9.17) is 4.74 Å². The van der Waals surface area contributed by atoms with Gasteiger partial charge in [0.15, 0.2) is 10.2 Å². The van der Waals surface area contributed by atoms with E-state index in [-0.39, 0.29) is 23.5 Å². The predicted molar refractivity (Wildman–Crippen MR) is 114 cm³/mol. The Labute approximate surface area is 176 Å². The Kier molecular flexibility index (Phi) is 6.65. The monoisotopic (exact) mass is 424 g/mol. The second-order valence-corrected chi connectivity index (χ2v) is 9.42. The number of thiazole rings is 1. The third-order valence-corrected chi connectivity index (χ3v) is 6.49. The van der Waals surface area contributed by atoms with Gasteiger partial charge in [0.25, 0.3) is 0 Å². The molecule has 2 aliphatic heterocycles. The first-order valence-electron chi connectivity index (χ1n) is 10.0. The van der Waals surface area contributed by atoms with Crippen LogP contribution in [0.15, 0.2) is 0 Å². The Morgan fingerprint density at radius 3 is 2.41 bits per heavy atom. The van der Waals surface area contributed by atoms with Gasteiger partial charge in [-0.3, -0.25) is 15.0 Å². The van der Waals surface area contributed by atoms with Gasteiger partial charge in [-0.2, -0.15) is 0 Å². The molecule has 1 aromatic heterocycles. The van der Waals surface area contributed by atoms with Gasteiger partial charge in [-0.25, -0.2) is 9.78 Å². The van der Waals surface area contributed by atoms with Gasteiger partial charge < -0.3 is 19.9 Å². The number of hydrogen-bond acceptors (Lipinski definition) is 7. The highest BCUT2D eigenvalue weighted by Crippen LogP contribution is 2.29. The average Bonchev–Trinajstić information content (AvgIpc) is 3.06. The van der Waals surface area contributed by atoms with Crippen molar-refractivity contribution in [2.75, 3.05) is 58.2 Å². The highest BCUT2D eigenvalue weighted by molar-refractivity contribution is 7.17. The third kappa shape index (κ3) is 5.18. The summed E-state index contributed by atoms with van der Waals surface area (Å²) in [5.41, 5.74) is 0.807. The van der Waals surface area contributed by atoms with Crippen LogP contribution in [0.1, 0.15) is 26.5 Å². The molecule has 2 aliphatic rings. The zero-order valence-corrected chi connectivity index (χ0v) is 18.8. The van der Waals surface area contributed by atoms with E-state index in [9.17, 15) is 9.59 Å². The molecule has 0 bridgehead atoms. The van der Waals surface area contributed by atoms with Crippen molar-refractivity contribution >= 4 is 28.4 Å². The minimum atomic E-state index is -0.191. The molecule has 9 nitrogen and oxygen atoms in total. The molecule has 1 aromatic rings. The van der Waals surface area contributed by atoms with E-state index in [0.717, 1.165) is 18.8 Å². The first-order chi connectivity index (χ1) is 13.7. The van der Waals surface area contributed by atoms with Gasteiger partial charge >= 0.3 is 6.03 Å². The first-order valence-corrected chi connectivity index (χ1v) is 10.8. The average molecular weight is 425 g/mol. The van der Waals surface area contributed by atoms with Gasteiger partial charge in [-0.1, -0.05) is 11.3 Å². The van der Waals surface area contributed by atoms with E-state index in [2.05, 4.69) is 41.3 Å². The lowest BCUT2D eigenvalue weighted by Gasteiger charge is -2.43. The van der Waals surface area contributed by atoms with Crippen molar-refractivity contribution < 1.29 is 14.3 Å². The summed E-state index contributed by atoms with van der Waals surface area (Å²) in [4.78, 5) is 35.7. The van der Waals surface area contributed by atoms with Gasteiger partial charge in [0.1, 0.15) is 0 Å². The molecule has 0 aliphatic carbocycles. The maximum Gasteiger partial charge on any atom is 0.323 e. The third-order valence-electron chi connectivity index (χ3n) is 5.45. The van der Waals surface area contributed by atoms with Gasteiger partial charge in [-0.15, -0.1) is 0 Å². The number of nitrogens with zero attached hydrogens (tertiary/aromatic N) is 4. The van der Waals surface area contributed by atoms with Crippen LogP contribution < -0.4 is 15.4 Å². The molecule has 162 valence electrons. The summed E-state index contributed by atoms with van der Waals surface area (Å²) in [6, 6.07) is -0.377. The molecule has 0 spiro atoms. The van der Waals surface area contributed by atoms with Crippen LogP contribution in [0, 0.1) is 6.92 Å². The molecular formula is C19H32N6O3S. The molecule has 0 radical (unpaired) electrons. The van der Waals surface area contributed by atoms with Crippen LogP contribution >= 0.6 is 11.3 Å². The number of ether oxygens (including phenoxy) is 1. The predicted octanol–water partition coefficient (Wildman–Crippen LogP) is 1.21. The summed E-state index contributed by atoms with van der Waals surface area (Å²) in [6.45, 7) is 13.0. The highest BCUT2D eigenvalue weighted by Gasteiger charge is 2.34. The molecule has 2 N–H and O–H groups in total. The summed E-state index contributed by atoms with van der Waals surface area (Å²) >= 11 is 1.31. The Balaban J connectivity index is 1.50. The molecule has 3 rings (SSSR count). The lowest BCUT2D eigenvalue weighted by molar-refractivity contribution is -0.136. The van der Waals surface area contributed by atoms with Gasteiger partial charge in [0.05, 0.1) is 18.8 Å². The summed E-state index contributed by atoms with van der Waals surface area (Å²) in [5.74, 6) is 0.124. The molecule has 3 heterocycles. The molecule has 0 saturated carbocycles. The number of nitrogens with one attached hydrogen (secondary N) is 2. The fraction of sp³-hybridized carbons (Fsp3) is 0.737. The van der Waals surface area contributed by atoms with Crippen LogP contribution in [0.25, 0.3) is 0 Å². The van der Waals surface area contributed by atoms with Crippen molar-refractivity contribution in [3.63, 3.8) is 0 Å². The van der Waals surface area contributed by atoms with Crippen LogP contribution in [0.5, 0.6) is 5.06 Å². The number of anilines is 1. The van der Waals surface area contributed by atoms with Crippen LogP contribution in [0.3, 0.4) is 0 Å². The number of amides is 3. The molecule has 2 saturated heterocycles. The van der Waals surface area contributed by atoms with E-state index in [0.29, 0.717) is 42.9 Å². The summed E-state index contributed by atoms with van der Waals surface area (Å²) in [6.07, 6.45) is 0. The Bertz CT molecular complexity index is 739. The minimum absolute atomic E-state index is 0.0499. The van der Waals surface area contributed by atoms with Gasteiger partial charge in [-0.05, 0) is 27.7 Å². The minimum Gasteiger partial charge on any atom is -0.486 e. The maximum absolute atomic E-state index is 13.0. The number of hydrogen-bond donors (Lipinski definition) is 2. The fourth-order valence-electron chi connectivity index (χ4n) is 3.67. The SMILES string of the molecule is COc1sc(NC(=O)N2CCN(C(=O)[C@H]3CN(C(C)(C)C)CCN3)CC2)nc1C. The van der Waals surface area contributed by atoms with Gasteiger partial charge in [0, 0.05) is 51.4 Å². The lowest BCUT2D eigenvalue weighted by Crippen LogP contribution is -2.63. The quantitative estimate of drug-likeness (QED) is 0.758. The second kappa shape index (κ2) is 8.85. The molecule has 29 heavy (non-hydrogen) atoms. The fourth-order valence-corrected chi connectivity index (χ4v) is 4.44. The summed E-state index contributed by atoms with van der Waals surface area (Å²) < 4.78 is 5.22. The molecule has 3 amide bonds. The van der Waals surface area contributed by atoms with E-state index < -0.39 is 0 Å². The second-order valence-electron chi connectivity index (χ2n) is 8.46. The summed E-state index contributed by atoms with van der Waals surface area (Å²) in [5, 5.41) is 7.40. The molecule has 10 heteroatoms. The van der Waals surface area contributed by atoms with Crippen molar-refractivity contribution in [2.24, 2.45) is 0 Å². The van der Waals surface area contributed by atoms with E-state index in [1.807, 2.05) is 11.8 Å². The number of aryl methyl sites for hydroxylation is 1. The van der Waals surface area contributed by atoms with Crippen LogP contribution in [0.2, 0.25) is 0 Å². The molecule has 1 atom stereocenters. The number of carbonyl (C=O) groups excluding carboxylic acids is 2. The van der Waals surface area contributed by atoms with Crippen molar-refractivity contribution in [1.29, 1.82) is 0 Å². The molecular weight excluding hydrogens is 392 g/mol. The zero-order chi connectivity index (χ0) is 21.2. The van der Waals surface area contributed by atoms with Crippen LogP contribution in [-0.2, 0) is 4.79 Å². The highest BCUT2D eigenvalue weighted by atomic mass is 32.1. The molecule has 0 unspecified atom stereocenters. The van der Waals surface area contributed by atoms with Crippen molar-refractivity contribution in [3.05, 3.63) is 5.69 Å². The molecule has 2 fully saturated rings. The summed E-state index contributed by atoms with van der Waals surface area (Å²) in [7, 11) is 1.59. The van der Waals surface area contributed by atoms with Gasteiger partial charge in [0.2, 0.25) is 5.91 Å². The van der Waals surface area contributed by atoms with Crippen molar-refractivity contribution in [1.82, 2.24) is 25.0 Å². The first kappa shape index (κ1) is 21.8. The number of urea groups is 1. The lowest BCUT2D eigenvalue weighted by atomic mass is 10.0. The van der Waals surface area contributed by atoms with Crippen molar-refractivity contribution in [2.45, 2.75) is 39.3 Å². The van der Waals surface area contributed by atoms with Crippen molar-refractivity contribution in [3.8, 4) is 5.06 Å². The Hall–Kier alpha value is -1.91. The van der Waals surface area contributed by atoms with Crippen LogP contribution in [-0.4, -0.2) is 96.1 Å². The number of aromatic nitrogens is 1. The Morgan fingerprint density at radius 1 is 1.17 bits per heavy atom. The zero-order valence-electron chi connectivity index (χ0n) is 17.9. The maximum atomic E-state index is 13.0. The van der Waals surface area contributed by atoms with Crippen LogP contribution in [0.4, 0.5) is 9.93 Å².